The summed E-state index contributed by atoms with van der Waals surface area (Å²) in [6.07, 6.45) is 0. The molecule has 27 heavy (non-hydrogen) atoms. The van der Waals surface area contributed by atoms with Crippen LogP contribution in [0.4, 0.5) is 11.5 Å². The normalized spacial score (nSPS) is 12.8. The fraction of sp³-hybridized carbons (Fsp3) is 0.0526. The molecule has 1 aliphatic rings. The van der Waals surface area contributed by atoms with E-state index >= 15 is 0 Å². The molecule has 3 N–H and O–H groups in total. The van der Waals surface area contributed by atoms with E-state index in [-0.39, 0.29) is 11.3 Å². The maximum Gasteiger partial charge on any atom is 0.335 e. The largest absolute Gasteiger partial charge is 0.478 e. The number of carbonyl (C=O) groups is 3. The fourth-order valence-corrected chi connectivity index (χ4v) is 3.20. The number of anilines is 2. The molecule has 0 bridgehead atoms. The second-order valence-electron chi connectivity index (χ2n) is 6.02. The Kier molecular flexibility index (Phi) is 4.01. The molecule has 1 amide bonds. The highest BCUT2D eigenvalue weighted by Crippen LogP contribution is 2.35. The summed E-state index contributed by atoms with van der Waals surface area (Å²) >= 11 is 5.99. The van der Waals surface area contributed by atoms with Crippen molar-refractivity contribution in [1.29, 1.82) is 0 Å². The number of ketones is 1. The van der Waals surface area contributed by atoms with Gasteiger partial charge in [0.15, 0.2) is 0 Å². The van der Waals surface area contributed by atoms with Crippen LogP contribution in [-0.4, -0.2) is 27.8 Å². The van der Waals surface area contributed by atoms with Crippen molar-refractivity contribution in [2.45, 2.75) is 6.54 Å². The van der Waals surface area contributed by atoms with Gasteiger partial charge in [-0.3, -0.25) is 9.59 Å². The van der Waals surface area contributed by atoms with Gasteiger partial charge in [-0.15, -0.1) is 0 Å². The molecule has 134 valence electrons. The molecule has 7 nitrogen and oxygen atoms in total. The summed E-state index contributed by atoms with van der Waals surface area (Å²) in [5, 5.41) is 16.5. The second kappa shape index (κ2) is 6.37. The zero-order chi connectivity index (χ0) is 19.1. The monoisotopic (exact) mass is 381 g/mol. The van der Waals surface area contributed by atoms with Crippen LogP contribution in [0.15, 0.2) is 42.5 Å². The van der Waals surface area contributed by atoms with Crippen LogP contribution >= 0.6 is 11.6 Å². The molecule has 0 unspecified atom stereocenters. The smallest absolute Gasteiger partial charge is 0.335 e. The van der Waals surface area contributed by atoms with Crippen molar-refractivity contribution in [2.75, 3.05) is 10.6 Å². The number of benzene rings is 2. The summed E-state index contributed by atoms with van der Waals surface area (Å²) in [7, 11) is 0. The number of amides is 1. The topological polar surface area (TPSA) is 108 Å². The number of Topliss-reactive ketones (excluding diaryl/α,β-unsaturated/α-hetero) is 1. The van der Waals surface area contributed by atoms with E-state index in [1.54, 1.807) is 18.2 Å². The molecular weight excluding hydrogens is 370 g/mol. The zero-order valence-electron chi connectivity index (χ0n) is 13.7. The van der Waals surface area contributed by atoms with E-state index < -0.39 is 17.7 Å². The van der Waals surface area contributed by atoms with Crippen molar-refractivity contribution < 1.29 is 19.5 Å². The number of carbonyl (C=O) groups excluding carboxylic acids is 2. The van der Waals surface area contributed by atoms with Gasteiger partial charge in [0.2, 0.25) is 0 Å². The maximum atomic E-state index is 12.1. The van der Waals surface area contributed by atoms with Gasteiger partial charge in [-0.1, -0.05) is 29.8 Å². The molecule has 3 aromatic rings. The number of hydrogen-bond acceptors (Lipinski definition) is 5. The summed E-state index contributed by atoms with van der Waals surface area (Å²) < 4.78 is 0. The van der Waals surface area contributed by atoms with Crippen LogP contribution in [0.2, 0.25) is 5.02 Å². The van der Waals surface area contributed by atoms with Crippen molar-refractivity contribution in [3.63, 3.8) is 0 Å². The minimum atomic E-state index is -1.08. The predicted molar refractivity (Wildman–Crippen MR) is 100 cm³/mol. The lowest BCUT2D eigenvalue weighted by atomic mass is 10.0. The quantitative estimate of drug-likeness (QED) is 0.598. The van der Waals surface area contributed by atoms with Crippen LogP contribution in [0.5, 0.6) is 0 Å². The average molecular weight is 382 g/mol. The number of nitrogens with zero attached hydrogens (tertiary/aromatic N) is 1. The summed E-state index contributed by atoms with van der Waals surface area (Å²) in [6, 6.07) is 11.6. The third-order valence-corrected chi connectivity index (χ3v) is 4.50. The van der Waals surface area contributed by atoms with Crippen molar-refractivity contribution in [3.05, 3.63) is 64.3 Å². The predicted octanol–water partition coefficient (Wildman–Crippen LogP) is 3.33. The molecule has 1 aromatic heterocycles. The summed E-state index contributed by atoms with van der Waals surface area (Å²) in [6.45, 7) is 0.355. The maximum absolute atomic E-state index is 12.1. The number of carboxylic acid groups (broad SMARTS) is 1. The van der Waals surface area contributed by atoms with Gasteiger partial charge in [-0.25, -0.2) is 9.78 Å². The first-order valence-corrected chi connectivity index (χ1v) is 8.37. The Bertz CT molecular complexity index is 1140. The van der Waals surface area contributed by atoms with Gasteiger partial charge in [0.25, 0.3) is 11.7 Å². The highest BCUT2D eigenvalue weighted by molar-refractivity contribution is 6.52. The number of nitrogens with one attached hydrogen (secondary N) is 2. The minimum Gasteiger partial charge on any atom is -0.478 e. The number of halogens is 1. The van der Waals surface area contributed by atoms with Crippen molar-refractivity contribution in [3.8, 4) is 0 Å². The molecule has 0 spiro atoms. The Morgan fingerprint density at radius 3 is 2.70 bits per heavy atom. The molecule has 1 aliphatic heterocycles. The molecule has 0 fully saturated rings. The highest BCUT2D eigenvalue weighted by atomic mass is 35.5. The van der Waals surface area contributed by atoms with Gasteiger partial charge in [0.1, 0.15) is 11.5 Å². The number of aromatic nitrogens is 1. The van der Waals surface area contributed by atoms with Gasteiger partial charge in [0, 0.05) is 22.3 Å². The Morgan fingerprint density at radius 1 is 1.15 bits per heavy atom. The van der Waals surface area contributed by atoms with Gasteiger partial charge in [-0.2, -0.15) is 0 Å². The van der Waals surface area contributed by atoms with Gasteiger partial charge in [0.05, 0.1) is 11.3 Å². The molecular formula is C19H12ClN3O4. The second-order valence-corrected chi connectivity index (χ2v) is 6.45. The lowest BCUT2D eigenvalue weighted by Gasteiger charge is -2.12. The Hall–Kier alpha value is -3.45. The first-order chi connectivity index (χ1) is 12.9. The zero-order valence-corrected chi connectivity index (χ0v) is 14.5. The SMILES string of the molecule is O=C1Nc2c(nc(NCc3cccc(Cl)c3)c3cc(C(=O)O)ccc23)C1=O. The summed E-state index contributed by atoms with van der Waals surface area (Å²) in [4.78, 5) is 39.4. The van der Waals surface area contributed by atoms with Crippen molar-refractivity contribution in [2.24, 2.45) is 0 Å². The van der Waals surface area contributed by atoms with E-state index in [0.717, 1.165) is 5.56 Å². The first kappa shape index (κ1) is 17.0. The fourth-order valence-electron chi connectivity index (χ4n) is 2.98. The third-order valence-electron chi connectivity index (χ3n) is 4.26. The van der Waals surface area contributed by atoms with Crippen LogP contribution in [0.25, 0.3) is 10.8 Å². The molecule has 2 aromatic carbocycles. The number of carboxylic acids is 1. The van der Waals surface area contributed by atoms with Gasteiger partial charge >= 0.3 is 5.97 Å². The molecule has 0 saturated heterocycles. The van der Waals surface area contributed by atoms with E-state index in [1.807, 2.05) is 12.1 Å². The molecule has 4 rings (SSSR count). The first-order valence-electron chi connectivity index (χ1n) is 7.99. The standard InChI is InChI=1S/C19H12ClN3O4/c20-11-3-1-2-9(6-11)8-21-17-13-7-10(19(26)27)4-5-12(13)14-15(22-17)16(24)18(25)23-14/h1-7H,8H2,(H,21,22)(H,26,27)(H,23,24,25). The van der Waals surface area contributed by atoms with E-state index in [1.165, 1.54) is 12.1 Å². The van der Waals surface area contributed by atoms with Crippen molar-refractivity contribution >= 4 is 51.5 Å². The number of rotatable bonds is 4. The van der Waals surface area contributed by atoms with E-state index in [2.05, 4.69) is 15.6 Å². The Morgan fingerprint density at radius 2 is 1.96 bits per heavy atom. The lowest BCUT2D eigenvalue weighted by molar-refractivity contribution is -0.112. The molecule has 0 saturated carbocycles. The Balaban J connectivity index is 1.83. The van der Waals surface area contributed by atoms with Crippen molar-refractivity contribution in [1.82, 2.24) is 4.98 Å². The lowest BCUT2D eigenvalue weighted by Crippen LogP contribution is -2.13. The number of fused-ring (bicyclic) bond motifs is 3. The van der Waals surface area contributed by atoms with E-state index in [0.29, 0.717) is 33.8 Å². The van der Waals surface area contributed by atoms with E-state index in [9.17, 15) is 19.5 Å². The average Bonchev–Trinajstić information content (AvgIpc) is 2.94. The van der Waals surface area contributed by atoms with Crippen LogP contribution < -0.4 is 10.6 Å². The van der Waals surface area contributed by atoms with E-state index in [4.69, 9.17) is 11.6 Å². The Labute approximate surface area is 158 Å². The molecule has 8 heteroatoms. The number of aromatic carboxylic acids is 1. The van der Waals surface area contributed by atoms with Crippen LogP contribution in [0.1, 0.15) is 26.4 Å². The van der Waals surface area contributed by atoms with Crippen LogP contribution in [0.3, 0.4) is 0 Å². The number of pyridine rings is 1. The molecule has 0 aliphatic carbocycles. The molecule has 0 radical (unpaired) electrons. The minimum absolute atomic E-state index is 0.0177. The third kappa shape index (κ3) is 2.98. The summed E-state index contributed by atoms with van der Waals surface area (Å²) in [5.74, 6) is -2.25. The molecule has 0 atom stereocenters. The summed E-state index contributed by atoms with van der Waals surface area (Å²) in [5.41, 5.74) is 1.27. The van der Waals surface area contributed by atoms with Gasteiger partial charge in [-0.05, 0) is 29.8 Å². The highest BCUT2D eigenvalue weighted by Gasteiger charge is 2.32. The van der Waals surface area contributed by atoms with Crippen LogP contribution in [-0.2, 0) is 11.3 Å². The van der Waals surface area contributed by atoms with Gasteiger partial charge < -0.3 is 15.7 Å². The van der Waals surface area contributed by atoms with Crippen LogP contribution in [0, 0.1) is 0 Å². The number of hydrogen-bond donors (Lipinski definition) is 3. The molecule has 2 heterocycles.